The minimum atomic E-state index is 1.08. The first-order valence-corrected chi connectivity index (χ1v) is 19.3. The summed E-state index contributed by atoms with van der Waals surface area (Å²) >= 11 is 1.88. The van der Waals surface area contributed by atoms with Gasteiger partial charge in [-0.15, -0.1) is 11.3 Å². The van der Waals surface area contributed by atoms with Gasteiger partial charge < -0.3 is 9.13 Å². The SMILES string of the molecule is c1ccc(-n2c3ccc(-c4ccc(-n5c6ccccc6c6cc7c(cc65)-c5ccccc5CC7)cc4)cc3c3cc4sc5ccccc5c4cc32)cc1. The molecule has 1 aliphatic carbocycles. The number of benzene rings is 8. The maximum atomic E-state index is 2.46. The van der Waals surface area contributed by atoms with Gasteiger partial charge in [-0.05, 0) is 119 Å². The summed E-state index contributed by atoms with van der Waals surface area (Å²) in [7, 11) is 0. The van der Waals surface area contributed by atoms with E-state index in [1.54, 1.807) is 0 Å². The molecule has 0 aliphatic heterocycles. The fourth-order valence-electron chi connectivity index (χ4n) is 9.14. The van der Waals surface area contributed by atoms with Crippen LogP contribution in [-0.2, 0) is 12.8 Å². The monoisotopic (exact) mass is 692 g/mol. The van der Waals surface area contributed by atoms with Gasteiger partial charge in [0.2, 0.25) is 0 Å². The lowest BCUT2D eigenvalue weighted by Gasteiger charge is -2.20. The fraction of sp³-hybridized carbons (Fsp3) is 0.0400. The van der Waals surface area contributed by atoms with E-state index < -0.39 is 0 Å². The number of aryl methyl sites for hydroxylation is 2. The standard InChI is InChI=1S/C50H32N2S/c1-2-11-35(12-3-1)51-46-25-22-33(26-42(46)43-30-50-44(29-48(43)51)39-15-7-9-17-49(39)53-50)31-20-23-36(24-21-31)52-45-16-8-6-14-38(45)41-27-34-19-18-32-10-4-5-13-37(32)40(34)28-47(41)52/h1-17,20-30H,18-19H2. The zero-order valence-corrected chi connectivity index (χ0v) is 29.7. The van der Waals surface area contributed by atoms with Crippen LogP contribution in [0.2, 0.25) is 0 Å². The van der Waals surface area contributed by atoms with Gasteiger partial charge in [0, 0.05) is 53.1 Å². The third kappa shape index (κ3) is 4.26. The molecule has 0 saturated heterocycles. The Labute approximate surface area is 310 Å². The molecule has 0 unspecified atom stereocenters. The predicted octanol–water partition coefficient (Wildman–Crippen LogP) is 13.7. The molecular formula is C50H32N2S. The predicted molar refractivity (Wildman–Crippen MR) is 226 cm³/mol. The topological polar surface area (TPSA) is 9.86 Å². The maximum Gasteiger partial charge on any atom is 0.0548 e. The molecule has 0 atom stereocenters. The Morgan fingerprint density at radius 3 is 1.87 bits per heavy atom. The van der Waals surface area contributed by atoms with Gasteiger partial charge in [0.15, 0.2) is 0 Å². The fourth-order valence-corrected chi connectivity index (χ4v) is 10.3. The van der Waals surface area contributed by atoms with Crippen LogP contribution in [-0.4, -0.2) is 9.13 Å². The molecule has 3 heteroatoms. The molecule has 0 fully saturated rings. The van der Waals surface area contributed by atoms with E-state index in [1.165, 1.54) is 109 Å². The van der Waals surface area contributed by atoms with E-state index in [2.05, 4.69) is 179 Å². The molecule has 0 bridgehead atoms. The van der Waals surface area contributed by atoms with E-state index >= 15 is 0 Å². The Morgan fingerprint density at radius 1 is 0.340 bits per heavy atom. The molecule has 12 rings (SSSR count). The van der Waals surface area contributed by atoms with Crippen LogP contribution in [0.15, 0.2) is 170 Å². The van der Waals surface area contributed by atoms with Crippen molar-refractivity contribution in [2.45, 2.75) is 12.8 Å². The van der Waals surface area contributed by atoms with Crippen LogP contribution in [0.5, 0.6) is 0 Å². The summed E-state index contributed by atoms with van der Waals surface area (Å²) in [6.45, 7) is 0. The normalized spacial score (nSPS) is 12.8. The van der Waals surface area contributed by atoms with Gasteiger partial charge in [-0.2, -0.15) is 0 Å². The summed E-state index contributed by atoms with van der Waals surface area (Å²) in [5, 5.41) is 7.85. The minimum absolute atomic E-state index is 1.08. The molecule has 0 spiro atoms. The van der Waals surface area contributed by atoms with Gasteiger partial charge in [0.25, 0.3) is 0 Å². The van der Waals surface area contributed by atoms with Crippen molar-refractivity contribution in [1.29, 1.82) is 0 Å². The Morgan fingerprint density at radius 2 is 0.981 bits per heavy atom. The van der Waals surface area contributed by atoms with Gasteiger partial charge in [-0.25, -0.2) is 0 Å². The lowest BCUT2D eigenvalue weighted by atomic mass is 9.85. The van der Waals surface area contributed by atoms with E-state index in [0.29, 0.717) is 0 Å². The molecular weight excluding hydrogens is 661 g/mol. The van der Waals surface area contributed by atoms with Gasteiger partial charge in [-0.1, -0.05) is 97.1 Å². The maximum absolute atomic E-state index is 2.46. The van der Waals surface area contributed by atoms with Crippen molar-refractivity contribution in [3.05, 3.63) is 181 Å². The van der Waals surface area contributed by atoms with Crippen LogP contribution < -0.4 is 0 Å². The van der Waals surface area contributed by atoms with E-state index in [-0.39, 0.29) is 0 Å². The summed E-state index contributed by atoms with van der Waals surface area (Å²) in [5.74, 6) is 0. The van der Waals surface area contributed by atoms with Gasteiger partial charge >= 0.3 is 0 Å². The first-order valence-electron chi connectivity index (χ1n) is 18.5. The summed E-state index contributed by atoms with van der Waals surface area (Å²) in [5.41, 5.74) is 15.4. The van der Waals surface area contributed by atoms with Crippen LogP contribution >= 0.6 is 11.3 Å². The second-order valence-electron chi connectivity index (χ2n) is 14.4. The third-order valence-corrected chi connectivity index (χ3v) is 12.7. The molecule has 1 aliphatic rings. The molecule has 0 radical (unpaired) electrons. The lowest BCUT2D eigenvalue weighted by molar-refractivity contribution is 0.944. The number of para-hydroxylation sites is 2. The second kappa shape index (κ2) is 11.0. The Kier molecular flexibility index (Phi) is 6.08. The molecule has 2 nitrogen and oxygen atoms in total. The van der Waals surface area contributed by atoms with Crippen molar-refractivity contribution in [3.8, 4) is 33.6 Å². The first-order chi connectivity index (χ1) is 26.3. The van der Waals surface area contributed by atoms with Crippen molar-refractivity contribution in [3.63, 3.8) is 0 Å². The van der Waals surface area contributed by atoms with Crippen molar-refractivity contribution in [2.75, 3.05) is 0 Å². The summed E-state index contributed by atoms with van der Waals surface area (Å²) in [6, 6.07) is 63.3. The second-order valence-corrected chi connectivity index (χ2v) is 15.5. The van der Waals surface area contributed by atoms with Crippen LogP contribution in [0.25, 0.3) is 97.4 Å². The van der Waals surface area contributed by atoms with Gasteiger partial charge in [-0.3, -0.25) is 0 Å². The number of nitrogens with zero attached hydrogens (tertiary/aromatic N) is 2. The number of aromatic nitrogens is 2. The highest BCUT2D eigenvalue weighted by Gasteiger charge is 2.21. The first kappa shape index (κ1) is 29.2. The highest BCUT2D eigenvalue weighted by atomic mass is 32.1. The zero-order valence-electron chi connectivity index (χ0n) is 28.9. The molecule has 0 N–H and O–H groups in total. The zero-order chi connectivity index (χ0) is 34.6. The van der Waals surface area contributed by atoms with E-state index in [4.69, 9.17) is 0 Å². The van der Waals surface area contributed by atoms with E-state index in [9.17, 15) is 0 Å². The van der Waals surface area contributed by atoms with Crippen molar-refractivity contribution < 1.29 is 0 Å². The Bertz CT molecular complexity index is 3270. The van der Waals surface area contributed by atoms with Gasteiger partial charge in [0.1, 0.15) is 0 Å². The smallest absolute Gasteiger partial charge is 0.0548 e. The van der Waals surface area contributed by atoms with Crippen molar-refractivity contribution in [1.82, 2.24) is 9.13 Å². The number of hydrogen-bond acceptors (Lipinski definition) is 1. The van der Waals surface area contributed by atoms with E-state index in [1.807, 2.05) is 11.3 Å². The third-order valence-electron chi connectivity index (χ3n) is 11.6. The largest absolute Gasteiger partial charge is 0.309 e. The highest BCUT2D eigenvalue weighted by Crippen LogP contribution is 2.43. The Balaban J connectivity index is 1.03. The number of rotatable bonds is 3. The minimum Gasteiger partial charge on any atom is -0.309 e. The summed E-state index contributed by atoms with van der Waals surface area (Å²) in [4.78, 5) is 0. The molecule has 53 heavy (non-hydrogen) atoms. The highest BCUT2D eigenvalue weighted by molar-refractivity contribution is 7.25. The molecule has 0 amide bonds. The number of fused-ring (bicyclic) bond motifs is 12. The average molecular weight is 693 g/mol. The lowest BCUT2D eigenvalue weighted by Crippen LogP contribution is -2.04. The van der Waals surface area contributed by atoms with Crippen LogP contribution in [0, 0.1) is 0 Å². The molecule has 3 heterocycles. The van der Waals surface area contributed by atoms with Crippen LogP contribution in [0.4, 0.5) is 0 Å². The molecule has 8 aromatic carbocycles. The quantitative estimate of drug-likeness (QED) is 0.174. The van der Waals surface area contributed by atoms with Gasteiger partial charge in [0.05, 0.1) is 22.1 Å². The summed E-state index contributed by atoms with van der Waals surface area (Å²) in [6.07, 6.45) is 2.18. The molecule has 0 saturated carbocycles. The Hall–Kier alpha value is -6.42. The average Bonchev–Trinajstić information content (AvgIpc) is 3.86. The number of hydrogen-bond donors (Lipinski definition) is 0. The van der Waals surface area contributed by atoms with Crippen molar-refractivity contribution in [2.24, 2.45) is 0 Å². The van der Waals surface area contributed by atoms with Crippen molar-refractivity contribution >= 4 is 75.1 Å². The molecule has 3 aromatic heterocycles. The molecule has 248 valence electrons. The van der Waals surface area contributed by atoms with Crippen LogP contribution in [0.3, 0.4) is 0 Å². The summed E-state index contributed by atoms with van der Waals surface area (Å²) < 4.78 is 7.55. The van der Waals surface area contributed by atoms with E-state index in [0.717, 1.165) is 12.8 Å². The number of thiophene rings is 1. The molecule has 11 aromatic rings. The van der Waals surface area contributed by atoms with Crippen LogP contribution in [0.1, 0.15) is 11.1 Å².